The number of ether oxygens (including phenoxy) is 1. The third kappa shape index (κ3) is 3.08. The Hall–Kier alpha value is -2.53. The zero-order valence-corrected chi connectivity index (χ0v) is 14.6. The van der Waals surface area contributed by atoms with Gasteiger partial charge in [-0.05, 0) is 66.1 Å². The van der Waals surface area contributed by atoms with Gasteiger partial charge in [-0.2, -0.15) is 0 Å². The molecule has 0 saturated heterocycles. The average Bonchev–Trinajstić information content (AvgIpc) is 2.58. The average molecular weight is 341 g/mol. The molecule has 0 aliphatic heterocycles. The van der Waals surface area contributed by atoms with Crippen LogP contribution in [0.1, 0.15) is 11.1 Å². The molecule has 0 unspecified atom stereocenters. The normalized spacial score (nSPS) is 11.5. The van der Waals surface area contributed by atoms with Crippen molar-refractivity contribution < 1.29 is 13.2 Å². The lowest BCUT2D eigenvalue weighted by Gasteiger charge is -2.13. The molecule has 1 N–H and O–H groups in total. The van der Waals surface area contributed by atoms with Crippen LogP contribution >= 0.6 is 0 Å². The van der Waals surface area contributed by atoms with Crippen LogP contribution in [0.4, 0.5) is 5.69 Å². The fraction of sp³-hybridized carbons (Fsp3) is 0.158. The lowest BCUT2D eigenvalue weighted by Crippen LogP contribution is -2.14. The first-order valence-corrected chi connectivity index (χ1v) is 9.06. The van der Waals surface area contributed by atoms with Gasteiger partial charge in [-0.15, -0.1) is 0 Å². The van der Waals surface area contributed by atoms with Gasteiger partial charge >= 0.3 is 0 Å². The van der Waals surface area contributed by atoms with E-state index in [0.717, 1.165) is 27.6 Å². The van der Waals surface area contributed by atoms with Crippen LogP contribution < -0.4 is 9.46 Å². The Kier molecular flexibility index (Phi) is 4.20. The van der Waals surface area contributed by atoms with E-state index in [0.29, 0.717) is 5.69 Å². The van der Waals surface area contributed by atoms with Crippen LogP contribution in [0, 0.1) is 13.8 Å². The van der Waals surface area contributed by atoms with Crippen LogP contribution in [0.25, 0.3) is 10.8 Å². The van der Waals surface area contributed by atoms with Gasteiger partial charge < -0.3 is 4.74 Å². The van der Waals surface area contributed by atoms with E-state index < -0.39 is 10.0 Å². The lowest BCUT2D eigenvalue weighted by molar-refractivity contribution is 0.415. The van der Waals surface area contributed by atoms with E-state index in [1.165, 1.54) is 0 Å². The summed E-state index contributed by atoms with van der Waals surface area (Å²) in [5.41, 5.74) is 2.57. The van der Waals surface area contributed by atoms with Crippen molar-refractivity contribution in [3.63, 3.8) is 0 Å². The minimum Gasteiger partial charge on any atom is -0.497 e. The van der Waals surface area contributed by atoms with E-state index in [9.17, 15) is 8.42 Å². The summed E-state index contributed by atoms with van der Waals surface area (Å²) in [6.07, 6.45) is 0. The van der Waals surface area contributed by atoms with E-state index in [2.05, 4.69) is 4.72 Å². The van der Waals surface area contributed by atoms with E-state index in [-0.39, 0.29) is 4.90 Å². The van der Waals surface area contributed by atoms with E-state index in [1.807, 2.05) is 44.2 Å². The molecule has 0 aromatic heterocycles. The van der Waals surface area contributed by atoms with E-state index in [1.54, 1.807) is 31.4 Å². The van der Waals surface area contributed by atoms with Gasteiger partial charge in [0.15, 0.2) is 0 Å². The third-order valence-electron chi connectivity index (χ3n) is 4.18. The molecule has 3 rings (SSSR count). The largest absolute Gasteiger partial charge is 0.497 e. The maximum Gasteiger partial charge on any atom is 0.261 e. The number of methoxy groups -OCH3 is 1. The Bertz CT molecular complexity index is 1010. The number of fused-ring (bicyclic) bond motifs is 1. The molecule has 0 radical (unpaired) electrons. The SMILES string of the molecule is COc1ccc2cc(S(=O)(=O)Nc3cccc(C)c3C)ccc2c1. The maximum atomic E-state index is 12.7. The number of hydrogen-bond acceptors (Lipinski definition) is 3. The molecule has 24 heavy (non-hydrogen) atoms. The van der Waals surface area contributed by atoms with Crippen LogP contribution in [-0.2, 0) is 10.0 Å². The van der Waals surface area contributed by atoms with Crippen molar-refractivity contribution in [1.29, 1.82) is 0 Å². The van der Waals surface area contributed by atoms with Gasteiger partial charge in [0.1, 0.15) is 5.75 Å². The number of hydrogen-bond donors (Lipinski definition) is 1. The van der Waals surface area contributed by atoms with Gasteiger partial charge in [0.2, 0.25) is 0 Å². The quantitative estimate of drug-likeness (QED) is 0.771. The molecule has 4 nitrogen and oxygen atoms in total. The molecule has 0 heterocycles. The van der Waals surface area contributed by atoms with Crippen LogP contribution in [-0.4, -0.2) is 15.5 Å². The van der Waals surface area contributed by atoms with Crippen molar-refractivity contribution in [3.8, 4) is 5.75 Å². The highest BCUT2D eigenvalue weighted by molar-refractivity contribution is 7.92. The second-order valence-corrected chi connectivity index (χ2v) is 7.41. The molecule has 0 aliphatic carbocycles. The van der Waals surface area contributed by atoms with Gasteiger partial charge in [-0.1, -0.05) is 24.3 Å². The zero-order valence-electron chi connectivity index (χ0n) is 13.8. The first-order chi connectivity index (χ1) is 11.4. The fourth-order valence-corrected chi connectivity index (χ4v) is 3.72. The second-order valence-electron chi connectivity index (χ2n) is 5.73. The van der Waals surface area contributed by atoms with Gasteiger partial charge in [0, 0.05) is 0 Å². The zero-order chi connectivity index (χ0) is 17.3. The van der Waals surface area contributed by atoms with E-state index in [4.69, 9.17) is 4.74 Å². The van der Waals surface area contributed by atoms with Crippen molar-refractivity contribution in [2.75, 3.05) is 11.8 Å². The van der Waals surface area contributed by atoms with E-state index >= 15 is 0 Å². The smallest absolute Gasteiger partial charge is 0.261 e. The number of rotatable bonds is 4. The predicted molar refractivity (Wildman–Crippen MR) is 97.2 cm³/mol. The summed E-state index contributed by atoms with van der Waals surface area (Å²) >= 11 is 0. The first-order valence-electron chi connectivity index (χ1n) is 7.57. The second kappa shape index (κ2) is 6.17. The van der Waals surface area contributed by atoms with Gasteiger partial charge in [0.05, 0.1) is 17.7 Å². The summed E-state index contributed by atoms with van der Waals surface area (Å²) in [6.45, 7) is 3.86. The Labute approximate surface area is 142 Å². The molecule has 5 heteroatoms. The summed E-state index contributed by atoms with van der Waals surface area (Å²) in [7, 11) is -2.04. The monoisotopic (exact) mass is 341 g/mol. The van der Waals surface area contributed by atoms with Crippen molar-refractivity contribution in [3.05, 3.63) is 65.7 Å². The van der Waals surface area contributed by atoms with Crippen molar-refractivity contribution >= 4 is 26.5 Å². The number of benzene rings is 3. The highest BCUT2D eigenvalue weighted by Crippen LogP contribution is 2.26. The molecule has 0 aliphatic rings. The summed E-state index contributed by atoms with van der Waals surface area (Å²) in [6, 6.07) is 16.2. The fourth-order valence-electron chi connectivity index (χ4n) is 2.56. The molecule has 0 saturated carbocycles. The number of anilines is 1. The Morgan fingerprint density at radius 1 is 0.917 bits per heavy atom. The molecular weight excluding hydrogens is 322 g/mol. The van der Waals surface area contributed by atoms with Crippen molar-refractivity contribution in [2.24, 2.45) is 0 Å². The van der Waals surface area contributed by atoms with Gasteiger partial charge in [-0.3, -0.25) is 4.72 Å². The summed E-state index contributed by atoms with van der Waals surface area (Å²) in [5, 5.41) is 1.78. The summed E-state index contributed by atoms with van der Waals surface area (Å²) in [5.74, 6) is 0.742. The number of aryl methyl sites for hydroxylation is 1. The third-order valence-corrected chi connectivity index (χ3v) is 5.54. The Balaban J connectivity index is 2.00. The molecule has 0 fully saturated rings. The molecule has 0 spiro atoms. The highest BCUT2D eigenvalue weighted by atomic mass is 32.2. The molecule has 3 aromatic carbocycles. The Morgan fingerprint density at radius 3 is 2.38 bits per heavy atom. The standard InChI is InChI=1S/C19H19NO3S/c1-13-5-4-6-19(14(13)2)20-24(21,22)18-10-8-15-11-17(23-3)9-7-16(15)12-18/h4-12,20H,1-3H3. The molecule has 0 atom stereocenters. The van der Waals surface area contributed by atoms with Gasteiger partial charge in [-0.25, -0.2) is 8.42 Å². The molecule has 124 valence electrons. The molecule has 0 bridgehead atoms. The minimum atomic E-state index is -3.64. The topological polar surface area (TPSA) is 55.4 Å². The van der Waals surface area contributed by atoms with Gasteiger partial charge in [0.25, 0.3) is 10.0 Å². The van der Waals surface area contributed by atoms with Crippen LogP contribution in [0.5, 0.6) is 5.75 Å². The van der Waals surface area contributed by atoms with Crippen LogP contribution in [0.15, 0.2) is 59.5 Å². The number of sulfonamides is 1. The highest BCUT2D eigenvalue weighted by Gasteiger charge is 2.16. The Morgan fingerprint density at radius 2 is 1.62 bits per heavy atom. The van der Waals surface area contributed by atoms with Crippen LogP contribution in [0.3, 0.4) is 0 Å². The maximum absolute atomic E-state index is 12.7. The minimum absolute atomic E-state index is 0.237. The predicted octanol–water partition coefficient (Wildman–Crippen LogP) is 4.27. The first kappa shape index (κ1) is 16.3. The molecule has 0 amide bonds. The molecule has 3 aromatic rings. The lowest BCUT2D eigenvalue weighted by atomic mass is 10.1. The summed E-state index contributed by atoms with van der Waals surface area (Å²) in [4.78, 5) is 0.237. The number of nitrogens with one attached hydrogen (secondary N) is 1. The van der Waals surface area contributed by atoms with Crippen LogP contribution in [0.2, 0.25) is 0 Å². The summed E-state index contributed by atoms with van der Waals surface area (Å²) < 4.78 is 33.3. The van der Waals surface area contributed by atoms with Crippen molar-refractivity contribution in [1.82, 2.24) is 0 Å². The van der Waals surface area contributed by atoms with Crippen molar-refractivity contribution in [2.45, 2.75) is 18.7 Å². The molecular formula is C19H19NO3S.